The lowest BCUT2D eigenvalue weighted by Crippen LogP contribution is -2.39. The largest absolute Gasteiger partial charge is 0.449 e. The van der Waals surface area contributed by atoms with Gasteiger partial charge in [0.2, 0.25) is 11.8 Å². The van der Waals surface area contributed by atoms with Crippen molar-refractivity contribution < 1.29 is 23.9 Å². The fourth-order valence-electron chi connectivity index (χ4n) is 4.11. The third-order valence-electron chi connectivity index (χ3n) is 5.73. The summed E-state index contributed by atoms with van der Waals surface area (Å²) in [6, 6.07) is 14.1. The van der Waals surface area contributed by atoms with Crippen LogP contribution in [0.15, 0.2) is 48.5 Å². The number of amides is 3. The molecule has 2 aromatic rings. The van der Waals surface area contributed by atoms with Crippen LogP contribution in [0.2, 0.25) is 0 Å². The zero-order valence-corrected chi connectivity index (χ0v) is 17.3. The van der Waals surface area contributed by atoms with E-state index < -0.39 is 12.1 Å². The molecule has 0 aromatic heterocycles. The predicted octanol–water partition coefficient (Wildman–Crippen LogP) is 3.08. The number of aryl methyl sites for hydroxylation is 1. The fourth-order valence-corrected chi connectivity index (χ4v) is 4.11. The summed E-state index contributed by atoms with van der Waals surface area (Å²) in [6.07, 6.45) is 2.15. The average Bonchev–Trinajstić information content (AvgIpc) is 3.12. The minimum absolute atomic E-state index is 0.103. The second-order valence-corrected chi connectivity index (χ2v) is 7.87. The molecule has 2 aromatic carbocycles. The SMILES string of the molecule is C[C@@H](OC(=O)c1cccc(N2C(=O)CCC2=O)c1)C(=O)N[C@@H]1CCCc2ccccc21. The monoisotopic (exact) mass is 420 g/mol. The van der Waals surface area contributed by atoms with Crippen LogP contribution in [-0.2, 0) is 25.5 Å². The highest BCUT2D eigenvalue weighted by molar-refractivity contribution is 6.20. The van der Waals surface area contributed by atoms with Crippen LogP contribution >= 0.6 is 0 Å². The van der Waals surface area contributed by atoms with Crippen molar-refractivity contribution >= 4 is 29.4 Å². The van der Waals surface area contributed by atoms with Gasteiger partial charge in [0.15, 0.2) is 6.10 Å². The van der Waals surface area contributed by atoms with E-state index in [1.807, 2.05) is 18.2 Å². The molecule has 1 aliphatic carbocycles. The van der Waals surface area contributed by atoms with E-state index in [0.29, 0.717) is 5.69 Å². The van der Waals surface area contributed by atoms with Gasteiger partial charge in [-0.25, -0.2) is 4.79 Å². The Morgan fingerprint density at radius 2 is 1.77 bits per heavy atom. The first kappa shape index (κ1) is 20.8. The summed E-state index contributed by atoms with van der Waals surface area (Å²) in [5.74, 6) is -1.64. The maximum absolute atomic E-state index is 12.7. The molecule has 0 spiro atoms. The smallest absolute Gasteiger partial charge is 0.338 e. The Morgan fingerprint density at radius 1 is 1.03 bits per heavy atom. The van der Waals surface area contributed by atoms with Gasteiger partial charge < -0.3 is 10.1 Å². The second-order valence-electron chi connectivity index (χ2n) is 7.87. The number of esters is 1. The number of benzene rings is 2. The Balaban J connectivity index is 1.41. The number of hydrogen-bond acceptors (Lipinski definition) is 5. The molecule has 2 aliphatic rings. The Kier molecular flexibility index (Phi) is 5.84. The van der Waals surface area contributed by atoms with E-state index in [1.165, 1.54) is 24.6 Å². The van der Waals surface area contributed by atoms with Crippen molar-refractivity contribution in [1.29, 1.82) is 0 Å². The fraction of sp³-hybridized carbons (Fsp3) is 0.333. The number of rotatable bonds is 5. The standard InChI is InChI=1S/C24H24N2O5/c1-15(23(29)25-20-11-5-7-16-6-2-3-10-19(16)20)31-24(30)17-8-4-9-18(14-17)26-21(27)12-13-22(26)28/h2-4,6,8-10,14-15,20H,5,7,11-13H2,1H3,(H,25,29)/t15-,20-/m1/s1. The van der Waals surface area contributed by atoms with Crippen molar-refractivity contribution in [1.82, 2.24) is 5.32 Å². The molecule has 7 nitrogen and oxygen atoms in total. The second kappa shape index (κ2) is 8.71. The highest BCUT2D eigenvalue weighted by Crippen LogP contribution is 2.29. The van der Waals surface area contributed by atoms with Crippen LogP contribution in [0, 0.1) is 0 Å². The minimum Gasteiger partial charge on any atom is -0.449 e. The quantitative estimate of drug-likeness (QED) is 0.593. The summed E-state index contributed by atoms with van der Waals surface area (Å²) in [7, 11) is 0. The number of nitrogens with one attached hydrogen (secondary N) is 1. The molecule has 4 rings (SSSR count). The first-order valence-electron chi connectivity index (χ1n) is 10.5. The van der Waals surface area contributed by atoms with E-state index in [1.54, 1.807) is 12.1 Å². The van der Waals surface area contributed by atoms with Gasteiger partial charge in [0.25, 0.3) is 5.91 Å². The average molecular weight is 420 g/mol. The lowest BCUT2D eigenvalue weighted by atomic mass is 9.87. The minimum atomic E-state index is -0.986. The lowest BCUT2D eigenvalue weighted by molar-refractivity contribution is -0.130. The maximum atomic E-state index is 12.7. The molecule has 160 valence electrons. The molecule has 3 amide bonds. The van der Waals surface area contributed by atoms with Crippen molar-refractivity contribution in [2.45, 2.75) is 51.2 Å². The summed E-state index contributed by atoms with van der Waals surface area (Å²) < 4.78 is 5.36. The van der Waals surface area contributed by atoms with E-state index in [9.17, 15) is 19.2 Å². The molecule has 31 heavy (non-hydrogen) atoms. The molecule has 0 radical (unpaired) electrons. The summed E-state index contributed by atoms with van der Waals surface area (Å²) in [4.78, 5) is 50.2. The van der Waals surface area contributed by atoms with E-state index in [2.05, 4.69) is 11.4 Å². The third-order valence-corrected chi connectivity index (χ3v) is 5.73. The number of imide groups is 1. The molecule has 0 bridgehead atoms. The molecule has 0 saturated carbocycles. The zero-order valence-electron chi connectivity index (χ0n) is 17.3. The lowest BCUT2D eigenvalue weighted by Gasteiger charge is -2.27. The molecule has 7 heteroatoms. The molecule has 1 N–H and O–H groups in total. The Labute approximate surface area is 180 Å². The van der Waals surface area contributed by atoms with Crippen molar-refractivity contribution in [3.63, 3.8) is 0 Å². The van der Waals surface area contributed by atoms with Gasteiger partial charge in [-0.1, -0.05) is 30.3 Å². The van der Waals surface area contributed by atoms with Crippen LogP contribution in [0.5, 0.6) is 0 Å². The molecular formula is C24H24N2O5. The number of fused-ring (bicyclic) bond motifs is 1. The van der Waals surface area contributed by atoms with Gasteiger partial charge >= 0.3 is 5.97 Å². The molecule has 1 fully saturated rings. The van der Waals surface area contributed by atoms with E-state index >= 15 is 0 Å². The van der Waals surface area contributed by atoms with Gasteiger partial charge in [-0.15, -0.1) is 0 Å². The maximum Gasteiger partial charge on any atom is 0.338 e. The van der Waals surface area contributed by atoms with Crippen LogP contribution in [0.1, 0.15) is 60.1 Å². The van der Waals surface area contributed by atoms with Crippen LogP contribution < -0.4 is 10.2 Å². The Hall–Kier alpha value is -3.48. The molecule has 1 aliphatic heterocycles. The van der Waals surface area contributed by atoms with Crippen LogP contribution in [0.4, 0.5) is 5.69 Å². The predicted molar refractivity (Wildman–Crippen MR) is 113 cm³/mol. The number of anilines is 1. The zero-order chi connectivity index (χ0) is 22.0. The topological polar surface area (TPSA) is 92.8 Å². The number of ether oxygens (including phenoxy) is 1. The normalized spacial score (nSPS) is 19.0. The highest BCUT2D eigenvalue weighted by atomic mass is 16.5. The number of hydrogen-bond donors (Lipinski definition) is 1. The van der Waals surface area contributed by atoms with Gasteiger partial charge in [0.1, 0.15) is 0 Å². The van der Waals surface area contributed by atoms with Gasteiger partial charge in [0, 0.05) is 12.8 Å². The molecule has 0 unspecified atom stereocenters. The van der Waals surface area contributed by atoms with Crippen LogP contribution in [0.3, 0.4) is 0 Å². The first-order valence-corrected chi connectivity index (χ1v) is 10.5. The Morgan fingerprint density at radius 3 is 2.55 bits per heavy atom. The summed E-state index contributed by atoms with van der Waals surface area (Å²) in [6.45, 7) is 1.53. The van der Waals surface area contributed by atoms with E-state index in [0.717, 1.165) is 29.7 Å². The Bertz CT molecular complexity index is 1030. The first-order chi connectivity index (χ1) is 14.9. The number of carbonyl (C=O) groups is 4. The van der Waals surface area contributed by atoms with E-state index in [4.69, 9.17) is 4.74 Å². The van der Waals surface area contributed by atoms with Gasteiger partial charge in [-0.05, 0) is 55.5 Å². The van der Waals surface area contributed by atoms with E-state index in [-0.39, 0.29) is 42.2 Å². The van der Waals surface area contributed by atoms with Crippen molar-refractivity contribution in [3.8, 4) is 0 Å². The van der Waals surface area contributed by atoms with Crippen molar-refractivity contribution in [3.05, 3.63) is 65.2 Å². The molecule has 1 saturated heterocycles. The van der Waals surface area contributed by atoms with Gasteiger partial charge in [0.05, 0.1) is 17.3 Å². The summed E-state index contributed by atoms with van der Waals surface area (Å²) >= 11 is 0. The van der Waals surface area contributed by atoms with Crippen molar-refractivity contribution in [2.75, 3.05) is 4.90 Å². The van der Waals surface area contributed by atoms with Gasteiger partial charge in [-0.2, -0.15) is 0 Å². The highest BCUT2D eigenvalue weighted by Gasteiger charge is 2.31. The summed E-state index contributed by atoms with van der Waals surface area (Å²) in [5.41, 5.74) is 2.84. The molecule has 2 atom stereocenters. The van der Waals surface area contributed by atoms with Crippen LogP contribution in [0.25, 0.3) is 0 Å². The van der Waals surface area contributed by atoms with Crippen LogP contribution in [-0.4, -0.2) is 29.8 Å². The molecule has 1 heterocycles. The number of carbonyl (C=O) groups excluding carboxylic acids is 4. The molecular weight excluding hydrogens is 396 g/mol. The summed E-state index contributed by atoms with van der Waals surface area (Å²) in [5, 5.41) is 2.99. The van der Waals surface area contributed by atoms with Crippen molar-refractivity contribution in [2.24, 2.45) is 0 Å². The third kappa shape index (κ3) is 4.35. The van der Waals surface area contributed by atoms with Gasteiger partial charge in [-0.3, -0.25) is 19.3 Å². The number of nitrogens with zero attached hydrogens (tertiary/aromatic N) is 1.